The molecule has 1 heterocycles. The van der Waals surface area contributed by atoms with Crippen molar-refractivity contribution in [3.8, 4) is 0 Å². The maximum absolute atomic E-state index is 12.9. The van der Waals surface area contributed by atoms with Crippen molar-refractivity contribution in [2.24, 2.45) is 22.7 Å². The van der Waals surface area contributed by atoms with E-state index in [9.17, 15) is 14.7 Å². The highest BCUT2D eigenvalue weighted by Crippen LogP contribution is 2.63. The van der Waals surface area contributed by atoms with E-state index in [2.05, 4.69) is 19.9 Å². The number of aliphatic hydroxyl groups is 1. The Morgan fingerprint density at radius 2 is 1.96 bits per heavy atom. The molecule has 130 valence electrons. The summed E-state index contributed by atoms with van der Waals surface area (Å²) in [6, 6.07) is 0. The van der Waals surface area contributed by atoms with Crippen molar-refractivity contribution in [3.63, 3.8) is 0 Å². The minimum absolute atomic E-state index is 0.00977. The number of carbonyl (C=O) groups excluding carboxylic acids is 2. The molecule has 4 rings (SSSR count). The molecule has 3 aliphatic carbocycles. The van der Waals surface area contributed by atoms with Gasteiger partial charge in [0.2, 0.25) is 11.4 Å². The molecule has 4 nitrogen and oxygen atoms in total. The summed E-state index contributed by atoms with van der Waals surface area (Å²) in [6.45, 7) is 8.39. The van der Waals surface area contributed by atoms with Crippen LogP contribution < -0.4 is 0 Å². The highest BCUT2D eigenvalue weighted by atomic mass is 16.6. The van der Waals surface area contributed by atoms with Gasteiger partial charge in [-0.3, -0.25) is 4.79 Å². The van der Waals surface area contributed by atoms with Gasteiger partial charge >= 0.3 is 5.97 Å². The molecular formula is C20H26O4. The first-order valence-electron chi connectivity index (χ1n) is 9.06. The molecule has 1 saturated carbocycles. The standard InChI is InChI=1S/C20H26O4/c1-11(2)13-10-19-9-7-14-12(6-5-8-18(14,3)4)16(19)24-17(22)20(19,23)15(13)21/h6,10-11,14,16,23H,5,7-9H2,1-4H3/t14-,16-,19-,20-/m0/s1. The van der Waals surface area contributed by atoms with Gasteiger partial charge in [-0.2, -0.15) is 0 Å². The van der Waals surface area contributed by atoms with Crippen LogP contribution in [0.15, 0.2) is 23.3 Å². The molecule has 4 aliphatic rings. The highest BCUT2D eigenvalue weighted by molar-refractivity contribution is 6.20. The molecular weight excluding hydrogens is 304 g/mol. The van der Waals surface area contributed by atoms with Crippen LogP contribution in [0.4, 0.5) is 0 Å². The van der Waals surface area contributed by atoms with Crippen molar-refractivity contribution in [2.45, 2.75) is 65.1 Å². The van der Waals surface area contributed by atoms with Gasteiger partial charge in [0.25, 0.3) is 0 Å². The fourth-order valence-electron chi connectivity index (χ4n) is 5.50. The Labute approximate surface area is 143 Å². The summed E-state index contributed by atoms with van der Waals surface area (Å²) in [5, 5.41) is 11.2. The number of ketones is 1. The second-order valence-electron chi connectivity index (χ2n) is 8.94. The van der Waals surface area contributed by atoms with Crippen LogP contribution in [0.25, 0.3) is 0 Å². The Morgan fingerprint density at radius 1 is 1.25 bits per heavy atom. The van der Waals surface area contributed by atoms with Gasteiger partial charge in [-0.1, -0.05) is 39.8 Å². The summed E-state index contributed by atoms with van der Waals surface area (Å²) in [7, 11) is 0. The molecule has 0 bridgehead atoms. The maximum atomic E-state index is 12.9. The van der Waals surface area contributed by atoms with Crippen LogP contribution in [-0.4, -0.2) is 28.6 Å². The number of hydrogen-bond donors (Lipinski definition) is 1. The van der Waals surface area contributed by atoms with E-state index in [1.165, 1.54) is 0 Å². The van der Waals surface area contributed by atoms with Gasteiger partial charge in [0.1, 0.15) is 6.10 Å². The number of allylic oxidation sites excluding steroid dienone is 1. The van der Waals surface area contributed by atoms with Gasteiger partial charge < -0.3 is 9.84 Å². The van der Waals surface area contributed by atoms with Crippen LogP contribution in [0, 0.1) is 22.7 Å². The highest BCUT2D eigenvalue weighted by Gasteiger charge is 2.75. The van der Waals surface area contributed by atoms with Crippen molar-refractivity contribution in [1.82, 2.24) is 0 Å². The zero-order chi connectivity index (χ0) is 17.5. The molecule has 1 saturated heterocycles. The second kappa shape index (κ2) is 4.60. The fraction of sp³-hybridized carbons (Fsp3) is 0.700. The zero-order valence-electron chi connectivity index (χ0n) is 14.9. The molecule has 0 aromatic heterocycles. The number of hydrogen-bond acceptors (Lipinski definition) is 4. The maximum Gasteiger partial charge on any atom is 0.348 e. The van der Waals surface area contributed by atoms with Gasteiger partial charge in [-0.05, 0) is 54.1 Å². The lowest BCUT2D eigenvalue weighted by Crippen LogP contribution is -2.56. The van der Waals surface area contributed by atoms with Gasteiger partial charge in [-0.15, -0.1) is 0 Å². The average molecular weight is 330 g/mol. The van der Waals surface area contributed by atoms with E-state index in [4.69, 9.17) is 4.74 Å². The summed E-state index contributed by atoms with van der Waals surface area (Å²) in [4.78, 5) is 25.5. The van der Waals surface area contributed by atoms with Crippen LogP contribution >= 0.6 is 0 Å². The summed E-state index contributed by atoms with van der Waals surface area (Å²) in [5.41, 5.74) is -1.07. The van der Waals surface area contributed by atoms with E-state index in [1.807, 2.05) is 19.9 Å². The van der Waals surface area contributed by atoms with Crippen LogP contribution in [-0.2, 0) is 14.3 Å². The van der Waals surface area contributed by atoms with Gasteiger partial charge in [0, 0.05) is 0 Å². The minimum atomic E-state index is -2.02. The SMILES string of the molecule is CC(C)C1=C[C@@]23CC[C@H]4C(=CCCC4(C)C)[C@@H]2OC(=O)[C@@]3(O)C1=O. The number of ether oxygens (including phenoxy) is 1. The minimum Gasteiger partial charge on any atom is -0.454 e. The Bertz CT molecular complexity index is 698. The molecule has 0 amide bonds. The number of rotatable bonds is 1. The number of Topliss-reactive ketones (excluding diaryl/α,β-unsaturated/α-hetero) is 1. The first-order chi connectivity index (χ1) is 11.1. The number of carbonyl (C=O) groups is 2. The molecule has 1 aliphatic heterocycles. The predicted octanol–water partition coefficient (Wildman–Crippen LogP) is 2.95. The lowest BCUT2D eigenvalue weighted by Gasteiger charge is -2.49. The van der Waals surface area contributed by atoms with Crippen LogP contribution in [0.1, 0.15) is 53.4 Å². The first kappa shape index (κ1) is 16.1. The fourth-order valence-corrected chi connectivity index (χ4v) is 5.50. The Hall–Kier alpha value is -1.42. The van der Waals surface area contributed by atoms with E-state index in [0.717, 1.165) is 24.8 Å². The Balaban J connectivity index is 1.87. The quantitative estimate of drug-likeness (QED) is 0.456. The summed E-state index contributed by atoms with van der Waals surface area (Å²) in [5.74, 6) is -0.860. The molecule has 0 radical (unpaired) electrons. The summed E-state index contributed by atoms with van der Waals surface area (Å²) >= 11 is 0. The molecule has 1 N–H and O–H groups in total. The third-order valence-electron chi connectivity index (χ3n) is 6.95. The average Bonchev–Trinajstić information content (AvgIpc) is 2.86. The molecule has 4 atom stereocenters. The predicted molar refractivity (Wildman–Crippen MR) is 89.0 cm³/mol. The van der Waals surface area contributed by atoms with Gasteiger partial charge in [-0.25, -0.2) is 4.79 Å². The molecule has 0 unspecified atom stereocenters. The molecule has 0 aromatic carbocycles. The number of fused-ring (bicyclic) bond motifs is 2. The van der Waals surface area contributed by atoms with Crippen molar-refractivity contribution < 1.29 is 19.4 Å². The van der Waals surface area contributed by atoms with Crippen molar-refractivity contribution in [2.75, 3.05) is 0 Å². The van der Waals surface area contributed by atoms with Crippen LogP contribution in [0.3, 0.4) is 0 Å². The van der Waals surface area contributed by atoms with Crippen LogP contribution in [0.5, 0.6) is 0 Å². The summed E-state index contributed by atoms with van der Waals surface area (Å²) in [6.07, 6.45) is 7.15. The normalized spacial score (nSPS) is 42.9. The van der Waals surface area contributed by atoms with E-state index < -0.39 is 28.9 Å². The lowest BCUT2D eigenvalue weighted by molar-refractivity contribution is -0.161. The van der Waals surface area contributed by atoms with E-state index in [-0.39, 0.29) is 11.3 Å². The molecule has 2 fully saturated rings. The second-order valence-corrected chi connectivity index (χ2v) is 8.94. The van der Waals surface area contributed by atoms with Crippen LogP contribution in [0.2, 0.25) is 0 Å². The third-order valence-corrected chi connectivity index (χ3v) is 6.95. The largest absolute Gasteiger partial charge is 0.454 e. The molecule has 4 heteroatoms. The third kappa shape index (κ3) is 1.63. The topological polar surface area (TPSA) is 63.6 Å². The van der Waals surface area contributed by atoms with Crippen molar-refractivity contribution in [1.29, 1.82) is 0 Å². The van der Waals surface area contributed by atoms with E-state index in [1.54, 1.807) is 0 Å². The summed E-state index contributed by atoms with van der Waals surface area (Å²) < 4.78 is 5.66. The van der Waals surface area contributed by atoms with Gasteiger partial charge in [0.05, 0.1) is 5.41 Å². The Morgan fingerprint density at radius 3 is 2.62 bits per heavy atom. The van der Waals surface area contributed by atoms with Gasteiger partial charge in [0.15, 0.2) is 0 Å². The molecule has 24 heavy (non-hydrogen) atoms. The smallest absolute Gasteiger partial charge is 0.348 e. The van der Waals surface area contributed by atoms with E-state index in [0.29, 0.717) is 17.9 Å². The van der Waals surface area contributed by atoms with Crippen molar-refractivity contribution >= 4 is 11.8 Å². The molecule has 0 aromatic rings. The first-order valence-corrected chi connectivity index (χ1v) is 9.06. The van der Waals surface area contributed by atoms with E-state index >= 15 is 0 Å². The number of esters is 1. The zero-order valence-corrected chi connectivity index (χ0v) is 14.9. The monoisotopic (exact) mass is 330 g/mol. The van der Waals surface area contributed by atoms with Crippen molar-refractivity contribution in [3.05, 3.63) is 23.3 Å². The Kier molecular flexibility index (Phi) is 3.08. The molecule has 1 spiro atoms. The lowest BCUT2D eigenvalue weighted by atomic mass is 9.54.